The second-order valence-electron chi connectivity index (χ2n) is 3.26. The minimum atomic E-state index is -0.0331. The molecule has 0 bridgehead atoms. The van der Waals surface area contributed by atoms with Gasteiger partial charge in [-0.15, -0.1) is 17.0 Å². The molecule has 0 saturated carbocycles. The van der Waals surface area contributed by atoms with Crippen molar-refractivity contribution in [1.29, 1.82) is 5.41 Å². The number of nitrogens with zero attached hydrogens (tertiary/aromatic N) is 2. The highest BCUT2D eigenvalue weighted by molar-refractivity contribution is 8.93. The number of rotatable bonds is 0. The summed E-state index contributed by atoms with van der Waals surface area (Å²) in [5, 5.41) is 7.59. The van der Waals surface area contributed by atoms with Gasteiger partial charge in [0.15, 0.2) is 5.96 Å². The molecule has 0 atom stereocenters. The summed E-state index contributed by atoms with van der Waals surface area (Å²) in [4.78, 5) is 5.65. The molecule has 6 heteroatoms. The lowest BCUT2D eigenvalue weighted by atomic mass is 10.2. The van der Waals surface area contributed by atoms with Gasteiger partial charge in [0.25, 0.3) is 0 Å². The molecule has 1 aliphatic rings. The monoisotopic (exact) mass is 263 g/mol. The van der Waals surface area contributed by atoms with E-state index in [2.05, 4.69) is 4.99 Å². The molecule has 5 N–H and O–H groups in total. The van der Waals surface area contributed by atoms with Gasteiger partial charge in [0, 0.05) is 13.1 Å². The molecule has 14 heavy (non-hydrogen) atoms. The van der Waals surface area contributed by atoms with E-state index in [-0.39, 0.29) is 28.9 Å². The fourth-order valence-electron chi connectivity index (χ4n) is 1.48. The number of aliphatic imine (C=N–C) groups is 1. The summed E-state index contributed by atoms with van der Waals surface area (Å²) < 4.78 is 0. The Balaban J connectivity index is 0.00000169. The first kappa shape index (κ1) is 13.2. The Bertz CT molecular complexity index is 204. The number of halogens is 1. The third-order valence-electron chi connectivity index (χ3n) is 2.14. The number of likely N-dealkylation sites (tertiary alicyclic amines) is 1. The van der Waals surface area contributed by atoms with Crippen molar-refractivity contribution in [3.05, 3.63) is 0 Å². The van der Waals surface area contributed by atoms with Crippen molar-refractivity contribution in [1.82, 2.24) is 4.90 Å². The largest absolute Gasteiger partial charge is 0.370 e. The SMILES string of the molecule is Br.N=C(N=C(N)N)N1CCCCCC1. The van der Waals surface area contributed by atoms with Gasteiger partial charge < -0.3 is 16.4 Å². The van der Waals surface area contributed by atoms with E-state index in [0.29, 0.717) is 0 Å². The molecule has 0 spiro atoms. The Morgan fingerprint density at radius 3 is 2.00 bits per heavy atom. The zero-order valence-corrected chi connectivity index (χ0v) is 9.91. The quantitative estimate of drug-likeness (QED) is 0.443. The molecule has 1 rings (SSSR count). The molecular weight excluding hydrogens is 246 g/mol. The highest BCUT2D eigenvalue weighted by Crippen LogP contribution is 2.09. The molecule has 0 aliphatic carbocycles. The third-order valence-corrected chi connectivity index (χ3v) is 2.14. The average molecular weight is 264 g/mol. The first-order chi connectivity index (χ1) is 6.20. The topological polar surface area (TPSA) is 91.5 Å². The maximum absolute atomic E-state index is 7.59. The van der Waals surface area contributed by atoms with E-state index in [4.69, 9.17) is 16.9 Å². The minimum absolute atomic E-state index is 0. The Labute approximate surface area is 94.8 Å². The molecule has 0 amide bonds. The maximum atomic E-state index is 7.59. The van der Waals surface area contributed by atoms with E-state index in [1.165, 1.54) is 12.8 Å². The molecule has 1 fully saturated rings. The van der Waals surface area contributed by atoms with E-state index in [1.54, 1.807) is 0 Å². The molecule has 0 radical (unpaired) electrons. The first-order valence-electron chi connectivity index (χ1n) is 4.63. The molecule has 1 saturated heterocycles. The van der Waals surface area contributed by atoms with Crippen LogP contribution in [-0.2, 0) is 0 Å². The molecule has 1 aliphatic heterocycles. The summed E-state index contributed by atoms with van der Waals surface area (Å²) in [5.41, 5.74) is 10.4. The van der Waals surface area contributed by atoms with Crippen LogP contribution in [0.3, 0.4) is 0 Å². The second kappa shape index (κ2) is 6.64. The fourth-order valence-corrected chi connectivity index (χ4v) is 1.48. The summed E-state index contributed by atoms with van der Waals surface area (Å²) in [7, 11) is 0. The Kier molecular flexibility index (Phi) is 6.27. The summed E-state index contributed by atoms with van der Waals surface area (Å²) in [5.74, 6) is 0.163. The van der Waals surface area contributed by atoms with Crippen molar-refractivity contribution in [2.75, 3.05) is 13.1 Å². The molecule has 1 heterocycles. The van der Waals surface area contributed by atoms with Gasteiger partial charge in [0.05, 0.1) is 0 Å². The van der Waals surface area contributed by atoms with Crippen LogP contribution in [0.1, 0.15) is 25.7 Å². The van der Waals surface area contributed by atoms with Gasteiger partial charge in [-0.05, 0) is 12.8 Å². The second-order valence-corrected chi connectivity index (χ2v) is 3.26. The molecule has 0 aromatic heterocycles. The van der Waals surface area contributed by atoms with Gasteiger partial charge in [-0.25, -0.2) is 0 Å². The van der Waals surface area contributed by atoms with E-state index < -0.39 is 0 Å². The number of nitrogens with one attached hydrogen (secondary N) is 1. The van der Waals surface area contributed by atoms with Gasteiger partial charge in [-0.2, -0.15) is 4.99 Å². The third kappa shape index (κ3) is 4.45. The van der Waals surface area contributed by atoms with E-state index >= 15 is 0 Å². The van der Waals surface area contributed by atoms with E-state index in [9.17, 15) is 0 Å². The van der Waals surface area contributed by atoms with Crippen LogP contribution in [0.5, 0.6) is 0 Å². The lowest BCUT2D eigenvalue weighted by Gasteiger charge is -2.19. The van der Waals surface area contributed by atoms with Crippen molar-refractivity contribution in [2.45, 2.75) is 25.7 Å². The van der Waals surface area contributed by atoms with Crippen LogP contribution in [-0.4, -0.2) is 29.9 Å². The van der Waals surface area contributed by atoms with Gasteiger partial charge in [0.2, 0.25) is 5.96 Å². The predicted molar refractivity (Wildman–Crippen MR) is 63.9 cm³/mol. The Morgan fingerprint density at radius 2 is 1.57 bits per heavy atom. The Hall–Kier alpha value is -0.780. The average Bonchev–Trinajstić information content (AvgIpc) is 2.29. The van der Waals surface area contributed by atoms with Gasteiger partial charge in [-0.3, -0.25) is 5.41 Å². The minimum Gasteiger partial charge on any atom is -0.370 e. The molecule has 82 valence electrons. The molecule has 0 aromatic carbocycles. The zero-order valence-electron chi connectivity index (χ0n) is 8.20. The molecule has 0 unspecified atom stereocenters. The lowest BCUT2D eigenvalue weighted by molar-refractivity contribution is 0.428. The standard InChI is InChI=1S/C8H17N5.BrH/c9-7(10)12-8(11)13-5-3-1-2-4-6-13;/h1-6H2,(H5,9,10,11,12);1H. The van der Waals surface area contributed by atoms with E-state index in [0.717, 1.165) is 25.9 Å². The summed E-state index contributed by atoms with van der Waals surface area (Å²) in [6, 6.07) is 0. The van der Waals surface area contributed by atoms with E-state index in [1.807, 2.05) is 4.90 Å². The number of hydrogen-bond acceptors (Lipinski definition) is 1. The smallest absolute Gasteiger partial charge is 0.221 e. The van der Waals surface area contributed by atoms with Crippen LogP contribution >= 0.6 is 17.0 Å². The fraction of sp³-hybridized carbons (Fsp3) is 0.750. The van der Waals surface area contributed by atoms with Crippen LogP contribution in [0.25, 0.3) is 0 Å². The van der Waals surface area contributed by atoms with Crippen LogP contribution in [0, 0.1) is 5.41 Å². The lowest BCUT2D eigenvalue weighted by Crippen LogP contribution is -2.33. The highest BCUT2D eigenvalue weighted by Gasteiger charge is 2.11. The zero-order chi connectivity index (χ0) is 9.68. The van der Waals surface area contributed by atoms with Crippen molar-refractivity contribution < 1.29 is 0 Å². The Morgan fingerprint density at radius 1 is 1.07 bits per heavy atom. The van der Waals surface area contributed by atoms with Gasteiger partial charge >= 0.3 is 0 Å². The number of hydrogen-bond donors (Lipinski definition) is 3. The van der Waals surface area contributed by atoms with Gasteiger partial charge in [0.1, 0.15) is 0 Å². The van der Waals surface area contributed by atoms with Crippen LogP contribution in [0.15, 0.2) is 4.99 Å². The molecular formula is C8H18BrN5. The van der Waals surface area contributed by atoms with Crippen molar-refractivity contribution in [3.63, 3.8) is 0 Å². The summed E-state index contributed by atoms with van der Waals surface area (Å²) in [6.45, 7) is 1.80. The number of nitrogens with two attached hydrogens (primary N) is 2. The summed E-state index contributed by atoms with van der Waals surface area (Å²) in [6.07, 6.45) is 4.74. The normalized spacial score (nSPS) is 16.4. The number of guanidine groups is 2. The maximum Gasteiger partial charge on any atom is 0.221 e. The van der Waals surface area contributed by atoms with Crippen molar-refractivity contribution >= 4 is 28.9 Å². The van der Waals surface area contributed by atoms with Crippen molar-refractivity contribution in [2.24, 2.45) is 16.5 Å². The van der Waals surface area contributed by atoms with Crippen LogP contribution in [0.4, 0.5) is 0 Å². The molecule has 0 aromatic rings. The molecule has 5 nitrogen and oxygen atoms in total. The highest BCUT2D eigenvalue weighted by atomic mass is 79.9. The van der Waals surface area contributed by atoms with Crippen molar-refractivity contribution in [3.8, 4) is 0 Å². The van der Waals surface area contributed by atoms with Crippen LogP contribution < -0.4 is 11.5 Å². The first-order valence-corrected chi connectivity index (χ1v) is 4.63. The van der Waals surface area contributed by atoms with Crippen LogP contribution in [0.2, 0.25) is 0 Å². The summed E-state index contributed by atoms with van der Waals surface area (Å²) >= 11 is 0. The van der Waals surface area contributed by atoms with Gasteiger partial charge in [-0.1, -0.05) is 12.8 Å². The predicted octanol–water partition coefficient (Wildman–Crippen LogP) is 0.648.